The van der Waals surface area contributed by atoms with Gasteiger partial charge in [0, 0.05) is 5.02 Å². The Labute approximate surface area is 159 Å². The summed E-state index contributed by atoms with van der Waals surface area (Å²) >= 11 is 9.34. The Morgan fingerprint density at radius 3 is 2.56 bits per heavy atom. The largest absolute Gasteiger partial charge is 0.507 e. The van der Waals surface area contributed by atoms with Gasteiger partial charge < -0.3 is 9.84 Å². The Bertz CT molecular complexity index is 801. The van der Waals surface area contributed by atoms with Crippen LogP contribution in [-0.2, 0) is 4.79 Å². The van der Waals surface area contributed by atoms with Gasteiger partial charge in [0.2, 0.25) is 0 Å². The van der Waals surface area contributed by atoms with Crippen LogP contribution in [0.25, 0.3) is 0 Å². The lowest BCUT2D eigenvalue weighted by molar-refractivity contribution is -0.127. The third kappa shape index (κ3) is 5.21. The second-order valence-electron chi connectivity index (χ2n) is 5.58. The van der Waals surface area contributed by atoms with Crippen molar-refractivity contribution in [2.24, 2.45) is 5.10 Å². The molecule has 0 aliphatic carbocycles. The lowest BCUT2D eigenvalue weighted by Gasteiger charge is -2.14. The van der Waals surface area contributed by atoms with Gasteiger partial charge in [0.1, 0.15) is 11.5 Å². The van der Waals surface area contributed by atoms with E-state index in [2.05, 4.69) is 26.5 Å². The lowest BCUT2D eigenvalue weighted by atomic mass is 10.1. The highest BCUT2D eigenvalue weighted by molar-refractivity contribution is 9.10. The molecule has 0 heterocycles. The van der Waals surface area contributed by atoms with Crippen LogP contribution in [0.4, 0.5) is 0 Å². The highest BCUT2D eigenvalue weighted by Crippen LogP contribution is 2.26. The quantitative estimate of drug-likeness (QED) is 0.553. The number of ether oxygens (including phenoxy) is 1. The Morgan fingerprint density at radius 2 is 1.96 bits per heavy atom. The number of nitrogens with zero attached hydrogens (tertiary/aromatic N) is 1. The molecule has 5 nitrogen and oxygen atoms in total. The number of hydrogen-bond donors (Lipinski definition) is 2. The zero-order valence-electron chi connectivity index (χ0n) is 14.0. The topological polar surface area (TPSA) is 70.9 Å². The number of benzene rings is 2. The standard InChI is InChI=1S/C18H18BrClN2O3/c1-10-6-14(7-11(2)17(10)20)25-12(3)18(24)22-21-9-13-4-5-16(23)15(19)8-13/h4-9,12,23H,1-3H3,(H,22,24)/b21-9+/t12-/m1/s1. The van der Waals surface area contributed by atoms with Gasteiger partial charge in [-0.1, -0.05) is 11.6 Å². The zero-order chi connectivity index (χ0) is 18.6. The number of halogens is 2. The molecule has 0 aliphatic rings. The summed E-state index contributed by atoms with van der Waals surface area (Å²) in [4.78, 5) is 12.1. The first-order valence-electron chi connectivity index (χ1n) is 7.52. The molecule has 132 valence electrons. The molecule has 0 fully saturated rings. The van der Waals surface area contributed by atoms with Crippen LogP contribution in [0.1, 0.15) is 23.6 Å². The van der Waals surface area contributed by atoms with Gasteiger partial charge >= 0.3 is 0 Å². The van der Waals surface area contributed by atoms with E-state index in [9.17, 15) is 9.90 Å². The fraction of sp³-hybridized carbons (Fsp3) is 0.222. The zero-order valence-corrected chi connectivity index (χ0v) is 16.4. The summed E-state index contributed by atoms with van der Waals surface area (Å²) in [7, 11) is 0. The fourth-order valence-corrected chi connectivity index (χ4v) is 2.60. The number of carbonyl (C=O) groups excluding carboxylic acids is 1. The number of phenolic OH excluding ortho intramolecular Hbond substituents is 1. The van der Waals surface area contributed by atoms with Crippen LogP contribution in [-0.4, -0.2) is 23.3 Å². The number of nitrogens with one attached hydrogen (secondary N) is 1. The van der Waals surface area contributed by atoms with Gasteiger partial charge in [-0.25, -0.2) is 5.43 Å². The van der Waals surface area contributed by atoms with Crippen molar-refractivity contribution >= 4 is 39.7 Å². The molecular weight excluding hydrogens is 408 g/mol. The fourth-order valence-electron chi connectivity index (χ4n) is 2.10. The van der Waals surface area contributed by atoms with Crippen molar-refractivity contribution in [3.8, 4) is 11.5 Å². The van der Waals surface area contributed by atoms with E-state index in [0.717, 1.165) is 16.7 Å². The molecule has 0 bridgehead atoms. The minimum absolute atomic E-state index is 0.136. The minimum Gasteiger partial charge on any atom is -0.507 e. The Hall–Kier alpha value is -2.05. The second-order valence-corrected chi connectivity index (χ2v) is 6.81. The summed E-state index contributed by atoms with van der Waals surface area (Å²) in [6.07, 6.45) is 0.759. The number of hydrazone groups is 1. The molecule has 2 N–H and O–H groups in total. The molecule has 1 amide bonds. The Morgan fingerprint density at radius 1 is 1.32 bits per heavy atom. The molecule has 2 aromatic carbocycles. The van der Waals surface area contributed by atoms with Gasteiger partial charge in [-0.3, -0.25) is 4.79 Å². The highest BCUT2D eigenvalue weighted by atomic mass is 79.9. The first-order chi connectivity index (χ1) is 11.8. The second kappa shape index (κ2) is 8.36. The smallest absolute Gasteiger partial charge is 0.280 e. The van der Waals surface area contributed by atoms with Crippen molar-refractivity contribution in [3.63, 3.8) is 0 Å². The van der Waals surface area contributed by atoms with E-state index in [4.69, 9.17) is 16.3 Å². The summed E-state index contributed by atoms with van der Waals surface area (Å²) in [5, 5.41) is 14.0. The van der Waals surface area contributed by atoms with Gasteiger partial charge in [0.25, 0.3) is 5.91 Å². The van der Waals surface area contributed by atoms with Crippen LogP contribution in [0, 0.1) is 13.8 Å². The molecule has 25 heavy (non-hydrogen) atoms. The molecule has 0 spiro atoms. The Kier molecular flexibility index (Phi) is 6.45. The minimum atomic E-state index is -0.719. The van der Waals surface area contributed by atoms with E-state index in [-0.39, 0.29) is 11.7 Å². The number of carbonyl (C=O) groups is 1. The van der Waals surface area contributed by atoms with E-state index < -0.39 is 6.10 Å². The molecule has 0 aromatic heterocycles. The molecule has 0 saturated heterocycles. The molecule has 0 aliphatic heterocycles. The average Bonchev–Trinajstić information content (AvgIpc) is 2.55. The highest BCUT2D eigenvalue weighted by Gasteiger charge is 2.15. The normalized spacial score (nSPS) is 12.2. The van der Waals surface area contributed by atoms with Gasteiger partial charge in [-0.05, 0) is 83.7 Å². The number of aryl methyl sites for hydroxylation is 2. The summed E-state index contributed by atoms with van der Waals surface area (Å²) in [5.41, 5.74) is 4.93. The van der Waals surface area contributed by atoms with Crippen LogP contribution in [0.3, 0.4) is 0 Å². The monoisotopic (exact) mass is 424 g/mol. The van der Waals surface area contributed by atoms with Crippen molar-refractivity contribution in [2.45, 2.75) is 26.9 Å². The molecule has 2 rings (SSSR count). The summed E-state index contributed by atoms with van der Waals surface area (Å²) in [6, 6.07) is 8.47. The van der Waals surface area contributed by atoms with Crippen molar-refractivity contribution in [1.82, 2.24) is 5.43 Å². The summed E-state index contributed by atoms with van der Waals surface area (Å²) < 4.78 is 6.19. The van der Waals surface area contributed by atoms with Crippen LogP contribution >= 0.6 is 27.5 Å². The van der Waals surface area contributed by atoms with E-state index in [0.29, 0.717) is 15.2 Å². The predicted molar refractivity (Wildman–Crippen MR) is 103 cm³/mol. The summed E-state index contributed by atoms with van der Waals surface area (Å²) in [5.74, 6) is 0.338. The molecule has 1 atom stereocenters. The molecular formula is C18H18BrClN2O3. The first-order valence-corrected chi connectivity index (χ1v) is 8.70. The van der Waals surface area contributed by atoms with Crippen molar-refractivity contribution in [2.75, 3.05) is 0 Å². The first kappa shape index (κ1) is 19.3. The van der Waals surface area contributed by atoms with Crippen molar-refractivity contribution < 1.29 is 14.6 Å². The van der Waals surface area contributed by atoms with Gasteiger partial charge in [0.05, 0.1) is 10.7 Å². The Balaban J connectivity index is 1.96. The predicted octanol–water partition coefficient (Wildman–Crippen LogP) is 4.34. The number of rotatable bonds is 5. The van der Waals surface area contributed by atoms with Gasteiger partial charge in [-0.2, -0.15) is 5.10 Å². The molecule has 0 unspecified atom stereocenters. The SMILES string of the molecule is Cc1cc(O[C@H](C)C(=O)N/N=C/c2ccc(O)c(Br)c2)cc(C)c1Cl. The number of aromatic hydroxyl groups is 1. The van der Waals surface area contributed by atoms with Crippen molar-refractivity contribution in [3.05, 3.63) is 56.5 Å². The maximum atomic E-state index is 12.1. The number of phenols is 1. The molecule has 0 radical (unpaired) electrons. The van der Waals surface area contributed by atoms with E-state index >= 15 is 0 Å². The molecule has 2 aromatic rings. The maximum Gasteiger partial charge on any atom is 0.280 e. The lowest BCUT2D eigenvalue weighted by Crippen LogP contribution is -2.33. The van der Waals surface area contributed by atoms with E-state index in [1.54, 1.807) is 31.2 Å². The summed E-state index contributed by atoms with van der Waals surface area (Å²) in [6.45, 7) is 5.40. The molecule has 0 saturated carbocycles. The maximum absolute atomic E-state index is 12.1. The number of amides is 1. The van der Waals surface area contributed by atoms with E-state index in [1.807, 2.05) is 13.8 Å². The van der Waals surface area contributed by atoms with Crippen LogP contribution in [0.5, 0.6) is 11.5 Å². The molecule has 7 heteroatoms. The van der Waals surface area contributed by atoms with Crippen LogP contribution in [0.15, 0.2) is 39.9 Å². The van der Waals surface area contributed by atoms with Gasteiger partial charge in [-0.15, -0.1) is 0 Å². The number of hydrogen-bond acceptors (Lipinski definition) is 4. The van der Waals surface area contributed by atoms with Crippen LogP contribution in [0.2, 0.25) is 5.02 Å². The third-order valence-electron chi connectivity index (χ3n) is 3.45. The van der Waals surface area contributed by atoms with E-state index in [1.165, 1.54) is 12.3 Å². The van der Waals surface area contributed by atoms with Gasteiger partial charge in [0.15, 0.2) is 6.10 Å². The third-order valence-corrected chi connectivity index (χ3v) is 4.68. The van der Waals surface area contributed by atoms with Crippen molar-refractivity contribution in [1.29, 1.82) is 0 Å². The average molecular weight is 426 g/mol. The van der Waals surface area contributed by atoms with Crippen LogP contribution < -0.4 is 10.2 Å².